The van der Waals surface area contributed by atoms with Gasteiger partial charge in [-0.05, 0) is 18.3 Å². The summed E-state index contributed by atoms with van der Waals surface area (Å²) in [5, 5.41) is 0. The van der Waals surface area contributed by atoms with Gasteiger partial charge in [0.1, 0.15) is 0 Å². The molecule has 2 rings (SSSR count). The van der Waals surface area contributed by atoms with Gasteiger partial charge in [-0.3, -0.25) is 0 Å². The van der Waals surface area contributed by atoms with Gasteiger partial charge in [0.2, 0.25) is 0 Å². The second-order valence-electron chi connectivity index (χ2n) is 2.63. The molecule has 2 unspecified atom stereocenters. The maximum Gasteiger partial charge on any atom is 0.392 e. The van der Waals surface area contributed by atoms with Gasteiger partial charge in [-0.1, -0.05) is 0 Å². The molecule has 0 spiro atoms. The van der Waals surface area contributed by atoms with Crippen LogP contribution in [0.3, 0.4) is 0 Å². The van der Waals surface area contributed by atoms with Crippen molar-refractivity contribution in [2.45, 2.75) is 12.6 Å². The van der Waals surface area contributed by atoms with Gasteiger partial charge in [-0.25, -0.2) is 0 Å². The minimum absolute atomic E-state index is 0.0509. The van der Waals surface area contributed by atoms with Crippen LogP contribution in [-0.2, 0) is 0 Å². The lowest BCUT2D eigenvalue weighted by atomic mass is 10.2. The Bertz CT molecular complexity index is 118. The number of fused-ring (bicyclic) bond motifs is 1. The molecule has 0 amide bonds. The fraction of sp³-hybridized carbons (Fsp3) is 1.00. The Kier molecular flexibility index (Phi) is 0.530. The summed E-state index contributed by atoms with van der Waals surface area (Å²) in [5.41, 5.74) is 0. The molecule has 2 aliphatic rings. The molecule has 8 heavy (non-hydrogen) atoms. The van der Waals surface area contributed by atoms with Crippen molar-refractivity contribution < 1.29 is 13.2 Å². The van der Waals surface area contributed by atoms with E-state index < -0.39 is 12.1 Å². The van der Waals surface area contributed by atoms with Crippen LogP contribution in [0.15, 0.2) is 0 Å². The molecule has 0 aliphatic heterocycles. The molecule has 0 radical (unpaired) electrons. The van der Waals surface area contributed by atoms with Crippen LogP contribution >= 0.6 is 0 Å². The number of halogens is 3. The number of alkyl halides is 3. The van der Waals surface area contributed by atoms with Crippen LogP contribution < -0.4 is 0 Å². The Morgan fingerprint density at radius 3 is 1.62 bits per heavy atom. The summed E-state index contributed by atoms with van der Waals surface area (Å²) in [6.07, 6.45) is -3.03. The normalized spacial score (nSPS) is 50.6. The van der Waals surface area contributed by atoms with Crippen molar-refractivity contribution in [3.8, 4) is 0 Å². The van der Waals surface area contributed by atoms with Gasteiger partial charge in [0.25, 0.3) is 0 Å². The van der Waals surface area contributed by atoms with Crippen LogP contribution in [0.2, 0.25) is 0 Å². The molecular formula is C5H5F3. The Balaban J connectivity index is 2.00. The van der Waals surface area contributed by atoms with Crippen LogP contribution in [0.5, 0.6) is 0 Å². The van der Waals surface area contributed by atoms with Crippen molar-refractivity contribution in [1.29, 1.82) is 0 Å². The van der Waals surface area contributed by atoms with E-state index in [-0.39, 0.29) is 11.8 Å². The molecule has 0 aromatic heterocycles. The first kappa shape index (κ1) is 4.65. The molecule has 0 nitrogen and oxygen atoms in total. The van der Waals surface area contributed by atoms with E-state index in [1.54, 1.807) is 0 Å². The molecule has 0 heterocycles. The van der Waals surface area contributed by atoms with Crippen molar-refractivity contribution in [2.75, 3.05) is 0 Å². The zero-order valence-electron chi connectivity index (χ0n) is 4.07. The zero-order chi connectivity index (χ0) is 5.94. The summed E-state index contributed by atoms with van der Waals surface area (Å²) in [6, 6.07) is 0. The summed E-state index contributed by atoms with van der Waals surface area (Å²) < 4.78 is 34.6. The number of hydrogen-bond donors (Lipinski definition) is 0. The van der Waals surface area contributed by atoms with E-state index in [1.807, 2.05) is 0 Å². The molecular weight excluding hydrogens is 117 g/mol. The van der Waals surface area contributed by atoms with Gasteiger partial charge >= 0.3 is 6.18 Å². The Morgan fingerprint density at radius 1 is 1.12 bits per heavy atom. The molecule has 2 aliphatic carbocycles. The summed E-state index contributed by atoms with van der Waals surface area (Å²) >= 11 is 0. The highest BCUT2D eigenvalue weighted by molar-refractivity contribution is 5.14. The van der Waals surface area contributed by atoms with Crippen LogP contribution in [0.1, 0.15) is 6.42 Å². The molecule has 0 aromatic carbocycles. The van der Waals surface area contributed by atoms with Crippen molar-refractivity contribution in [3.63, 3.8) is 0 Å². The molecule has 0 bridgehead atoms. The average Bonchev–Trinajstić information content (AvgIpc) is 1.94. The van der Waals surface area contributed by atoms with Crippen LogP contribution in [0, 0.1) is 17.8 Å². The topological polar surface area (TPSA) is 0 Å². The molecule has 2 fully saturated rings. The van der Waals surface area contributed by atoms with Gasteiger partial charge in [0.15, 0.2) is 0 Å². The second kappa shape index (κ2) is 0.913. The van der Waals surface area contributed by atoms with E-state index in [1.165, 1.54) is 0 Å². The van der Waals surface area contributed by atoms with Gasteiger partial charge in [-0.2, -0.15) is 13.2 Å². The first-order valence-electron chi connectivity index (χ1n) is 2.67. The maximum absolute atomic E-state index is 11.5. The van der Waals surface area contributed by atoms with Crippen molar-refractivity contribution in [3.05, 3.63) is 0 Å². The van der Waals surface area contributed by atoms with Gasteiger partial charge < -0.3 is 0 Å². The summed E-state index contributed by atoms with van der Waals surface area (Å²) in [6.45, 7) is 0. The average molecular weight is 122 g/mol. The molecule has 0 saturated heterocycles. The highest BCUT2D eigenvalue weighted by Gasteiger charge is 2.74. The molecule has 0 aromatic rings. The van der Waals surface area contributed by atoms with Gasteiger partial charge in [0.05, 0.1) is 5.92 Å². The lowest BCUT2D eigenvalue weighted by Crippen LogP contribution is -2.15. The monoisotopic (exact) mass is 122 g/mol. The first-order chi connectivity index (χ1) is 3.61. The molecule has 2 saturated carbocycles. The SMILES string of the molecule is FC(F)(F)C1C2CC21. The minimum atomic E-state index is -3.87. The quantitative estimate of drug-likeness (QED) is 0.459. The first-order valence-corrected chi connectivity index (χ1v) is 2.67. The van der Waals surface area contributed by atoms with E-state index in [2.05, 4.69) is 0 Å². The summed E-state index contributed by atoms with van der Waals surface area (Å²) in [4.78, 5) is 0. The van der Waals surface area contributed by atoms with Crippen LogP contribution in [0.25, 0.3) is 0 Å². The van der Waals surface area contributed by atoms with E-state index in [0.717, 1.165) is 6.42 Å². The van der Waals surface area contributed by atoms with E-state index in [4.69, 9.17) is 0 Å². The molecule has 3 heteroatoms. The third-order valence-electron chi connectivity index (χ3n) is 2.05. The highest BCUT2D eigenvalue weighted by Crippen LogP contribution is 2.73. The Morgan fingerprint density at radius 2 is 1.62 bits per heavy atom. The predicted octanol–water partition coefficient (Wildman–Crippen LogP) is 1.81. The Hall–Kier alpha value is -0.210. The van der Waals surface area contributed by atoms with Crippen molar-refractivity contribution in [2.24, 2.45) is 17.8 Å². The third-order valence-corrected chi connectivity index (χ3v) is 2.05. The maximum atomic E-state index is 11.5. The van der Waals surface area contributed by atoms with Gasteiger partial charge in [0, 0.05) is 0 Å². The standard InChI is InChI=1S/C5H5F3/c6-5(7,8)4-2-1-3(2)4/h2-4H,1H2. The largest absolute Gasteiger partial charge is 0.392 e. The van der Waals surface area contributed by atoms with E-state index in [9.17, 15) is 13.2 Å². The zero-order valence-corrected chi connectivity index (χ0v) is 4.07. The lowest BCUT2D eigenvalue weighted by molar-refractivity contribution is -0.160. The minimum Gasteiger partial charge on any atom is -0.171 e. The van der Waals surface area contributed by atoms with Crippen molar-refractivity contribution >= 4 is 0 Å². The van der Waals surface area contributed by atoms with Crippen LogP contribution in [0.4, 0.5) is 13.2 Å². The van der Waals surface area contributed by atoms with Gasteiger partial charge in [-0.15, -0.1) is 0 Å². The number of rotatable bonds is 0. The van der Waals surface area contributed by atoms with E-state index in [0.29, 0.717) is 0 Å². The molecule has 46 valence electrons. The summed E-state index contributed by atoms with van der Waals surface area (Å²) in [5.74, 6) is -0.785. The lowest BCUT2D eigenvalue weighted by Gasteiger charge is -2.06. The van der Waals surface area contributed by atoms with Crippen molar-refractivity contribution in [1.82, 2.24) is 0 Å². The molecule has 0 N–H and O–H groups in total. The van der Waals surface area contributed by atoms with Crippen LogP contribution in [-0.4, -0.2) is 6.18 Å². The third kappa shape index (κ3) is 0.420. The molecule has 2 atom stereocenters. The highest BCUT2D eigenvalue weighted by atomic mass is 19.4. The smallest absolute Gasteiger partial charge is 0.171 e. The fourth-order valence-corrected chi connectivity index (χ4v) is 1.26. The fourth-order valence-electron chi connectivity index (χ4n) is 1.26. The Labute approximate surface area is 44.7 Å². The predicted molar refractivity (Wildman–Crippen MR) is 21.1 cm³/mol. The number of hydrogen-bond acceptors (Lipinski definition) is 0. The van der Waals surface area contributed by atoms with E-state index >= 15 is 0 Å². The second-order valence-corrected chi connectivity index (χ2v) is 2.63. The summed E-state index contributed by atoms with van der Waals surface area (Å²) in [7, 11) is 0.